The maximum absolute atomic E-state index is 13.4. The van der Waals surface area contributed by atoms with Gasteiger partial charge in [0.2, 0.25) is 5.91 Å². The zero-order valence-electron chi connectivity index (χ0n) is 19.0. The van der Waals surface area contributed by atoms with E-state index in [1.165, 1.54) is 0 Å². The first-order valence-corrected chi connectivity index (χ1v) is 11.9. The van der Waals surface area contributed by atoms with Crippen molar-refractivity contribution in [3.8, 4) is 0 Å². The molecule has 1 aliphatic carbocycles. The Hall–Kier alpha value is -3.86. The second-order valence-electron chi connectivity index (χ2n) is 8.90. The summed E-state index contributed by atoms with van der Waals surface area (Å²) in [6.45, 7) is 0. The molecule has 0 saturated heterocycles. The van der Waals surface area contributed by atoms with Gasteiger partial charge in [-0.2, -0.15) is 5.11 Å². The van der Waals surface area contributed by atoms with Gasteiger partial charge in [0.1, 0.15) is 0 Å². The topological polar surface area (TPSA) is 70.9 Å². The third-order valence-corrected chi connectivity index (χ3v) is 6.61. The van der Waals surface area contributed by atoms with Crippen LogP contribution in [0.25, 0.3) is 0 Å². The molecule has 0 fully saturated rings. The Kier molecular flexibility index (Phi) is 6.43. The van der Waals surface area contributed by atoms with Crippen LogP contribution in [0.1, 0.15) is 48.3 Å². The summed E-state index contributed by atoms with van der Waals surface area (Å²) in [6, 6.07) is 27.5. The number of azo groups is 1. The molecule has 1 unspecified atom stereocenters. The van der Waals surface area contributed by atoms with Gasteiger partial charge < -0.3 is 5.32 Å². The van der Waals surface area contributed by atoms with Gasteiger partial charge in [0, 0.05) is 17.7 Å². The fourth-order valence-corrected chi connectivity index (χ4v) is 4.96. The summed E-state index contributed by atoms with van der Waals surface area (Å²) in [5.74, 6) is -0.645. The second kappa shape index (κ2) is 9.96. The Bertz CT molecular complexity index is 1210. The number of benzene rings is 3. The Morgan fingerprint density at radius 3 is 2.26 bits per heavy atom. The number of carbonyl (C=O) groups excluding carboxylic acids is 2. The van der Waals surface area contributed by atoms with Gasteiger partial charge in [-0.1, -0.05) is 72.8 Å². The summed E-state index contributed by atoms with van der Waals surface area (Å²) in [7, 11) is 0. The van der Waals surface area contributed by atoms with Gasteiger partial charge in [-0.25, -0.2) is 0 Å². The highest BCUT2D eigenvalue weighted by atomic mass is 16.2. The van der Waals surface area contributed by atoms with Crippen molar-refractivity contribution in [3.63, 3.8) is 0 Å². The van der Waals surface area contributed by atoms with E-state index >= 15 is 0 Å². The molecule has 1 atom stereocenters. The number of anilines is 1. The molecule has 3 aromatic rings. The third kappa shape index (κ3) is 4.74. The van der Waals surface area contributed by atoms with Crippen molar-refractivity contribution in [1.82, 2.24) is 0 Å². The molecule has 5 nitrogen and oxygen atoms in total. The first-order chi connectivity index (χ1) is 16.7. The molecule has 5 rings (SSSR count). The molecule has 170 valence electrons. The van der Waals surface area contributed by atoms with Crippen molar-refractivity contribution >= 4 is 17.5 Å². The second-order valence-corrected chi connectivity index (χ2v) is 8.90. The standard InChI is InChI=1S/C29H27N3O2/c33-28-25-17-8-7-16-24(25)26(31-32-28)19-20-10-9-15-23(18-20)30-29(34)27(21-11-3-1-4-12-21)22-13-5-2-6-14-22/h1-6,9-15,18,26-27H,7-8,16-17,19H2,(H,30,34). The van der Waals surface area contributed by atoms with Crippen LogP contribution in [0.15, 0.2) is 106 Å². The van der Waals surface area contributed by atoms with E-state index in [0.717, 1.165) is 59.2 Å². The van der Waals surface area contributed by atoms with Gasteiger partial charge in [0.25, 0.3) is 5.91 Å². The van der Waals surface area contributed by atoms with Crippen molar-refractivity contribution in [3.05, 3.63) is 113 Å². The number of amides is 2. The first-order valence-electron chi connectivity index (χ1n) is 11.9. The fraction of sp³-hybridized carbons (Fsp3) is 0.241. The van der Waals surface area contributed by atoms with Crippen LogP contribution >= 0.6 is 0 Å². The number of rotatable bonds is 6. The maximum atomic E-state index is 13.4. The van der Waals surface area contributed by atoms with Crippen LogP contribution in [0.3, 0.4) is 0 Å². The largest absolute Gasteiger partial charge is 0.325 e. The summed E-state index contributed by atoms with van der Waals surface area (Å²) in [4.78, 5) is 25.6. The highest BCUT2D eigenvalue weighted by Gasteiger charge is 2.29. The molecule has 1 aliphatic heterocycles. The molecule has 1 heterocycles. The van der Waals surface area contributed by atoms with E-state index in [2.05, 4.69) is 15.5 Å². The molecule has 0 spiro atoms. The Morgan fingerprint density at radius 1 is 0.882 bits per heavy atom. The van der Waals surface area contributed by atoms with Crippen LogP contribution in [0, 0.1) is 0 Å². The van der Waals surface area contributed by atoms with E-state index in [1.54, 1.807) is 0 Å². The molecule has 2 amide bonds. The molecule has 0 radical (unpaired) electrons. The van der Waals surface area contributed by atoms with Crippen LogP contribution in [0.4, 0.5) is 5.69 Å². The lowest BCUT2D eigenvalue weighted by atomic mass is 9.84. The quantitative estimate of drug-likeness (QED) is 0.484. The SMILES string of the molecule is O=C1N=NC(Cc2cccc(NC(=O)C(c3ccccc3)c3ccccc3)c2)C2=C1CCCC2. The summed E-state index contributed by atoms with van der Waals surface area (Å²) in [5.41, 5.74) is 5.72. The van der Waals surface area contributed by atoms with Crippen molar-refractivity contribution in [2.24, 2.45) is 10.2 Å². The van der Waals surface area contributed by atoms with Gasteiger partial charge in [0.15, 0.2) is 0 Å². The minimum absolute atomic E-state index is 0.0743. The molecule has 3 aromatic carbocycles. The lowest BCUT2D eigenvalue weighted by Gasteiger charge is -2.26. The summed E-state index contributed by atoms with van der Waals surface area (Å²) in [5, 5.41) is 11.4. The van der Waals surface area contributed by atoms with Crippen molar-refractivity contribution in [2.75, 3.05) is 5.32 Å². The molecule has 2 aliphatic rings. The number of nitrogens with zero attached hydrogens (tertiary/aromatic N) is 2. The minimum Gasteiger partial charge on any atom is -0.325 e. The van der Waals surface area contributed by atoms with Crippen molar-refractivity contribution in [2.45, 2.75) is 44.1 Å². The average Bonchev–Trinajstić information content (AvgIpc) is 2.88. The Morgan fingerprint density at radius 2 is 1.56 bits per heavy atom. The summed E-state index contributed by atoms with van der Waals surface area (Å²) < 4.78 is 0. The van der Waals surface area contributed by atoms with E-state index in [0.29, 0.717) is 6.42 Å². The molecule has 5 heteroatoms. The maximum Gasteiger partial charge on any atom is 0.291 e. The minimum atomic E-state index is -0.404. The monoisotopic (exact) mass is 449 g/mol. The Balaban J connectivity index is 1.36. The lowest BCUT2D eigenvalue weighted by Crippen LogP contribution is -2.23. The summed E-state index contributed by atoms with van der Waals surface area (Å²) >= 11 is 0. The molecule has 0 saturated carbocycles. The van der Waals surface area contributed by atoms with Crippen LogP contribution < -0.4 is 5.32 Å². The van der Waals surface area contributed by atoms with Gasteiger partial charge in [0.05, 0.1) is 12.0 Å². The molecule has 1 N–H and O–H groups in total. The number of hydrogen-bond acceptors (Lipinski definition) is 3. The molecule has 34 heavy (non-hydrogen) atoms. The predicted molar refractivity (Wildman–Crippen MR) is 133 cm³/mol. The van der Waals surface area contributed by atoms with Crippen molar-refractivity contribution in [1.29, 1.82) is 0 Å². The Labute approximate surface area is 199 Å². The smallest absolute Gasteiger partial charge is 0.291 e. The number of carbonyl (C=O) groups is 2. The van der Waals surface area contributed by atoms with Gasteiger partial charge in [-0.3, -0.25) is 9.59 Å². The molecule has 0 bridgehead atoms. The van der Waals surface area contributed by atoms with Crippen LogP contribution in [0.5, 0.6) is 0 Å². The lowest BCUT2D eigenvalue weighted by molar-refractivity contribution is -0.117. The van der Waals surface area contributed by atoms with E-state index in [-0.39, 0.29) is 17.9 Å². The normalized spacial score (nSPS) is 17.6. The van der Waals surface area contributed by atoms with E-state index < -0.39 is 5.92 Å². The first kappa shape index (κ1) is 22.0. The average molecular weight is 450 g/mol. The molecule has 0 aromatic heterocycles. The highest BCUT2D eigenvalue weighted by molar-refractivity contribution is 5.98. The van der Waals surface area contributed by atoms with Crippen LogP contribution in [-0.2, 0) is 16.0 Å². The fourth-order valence-electron chi connectivity index (χ4n) is 4.96. The van der Waals surface area contributed by atoms with Gasteiger partial charge in [-0.05, 0) is 60.1 Å². The van der Waals surface area contributed by atoms with Gasteiger partial charge in [-0.15, -0.1) is 5.11 Å². The van der Waals surface area contributed by atoms with Crippen LogP contribution in [0.2, 0.25) is 0 Å². The summed E-state index contributed by atoms with van der Waals surface area (Å²) in [6.07, 6.45) is 4.52. The van der Waals surface area contributed by atoms with Gasteiger partial charge >= 0.3 is 0 Å². The number of nitrogens with one attached hydrogen (secondary N) is 1. The van der Waals surface area contributed by atoms with E-state index in [9.17, 15) is 9.59 Å². The predicted octanol–water partition coefficient (Wildman–Crippen LogP) is 6.23. The van der Waals surface area contributed by atoms with E-state index in [1.807, 2.05) is 84.9 Å². The van der Waals surface area contributed by atoms with Crippen LogP contribution in [-0.4, -0.2) is 17.9 Å². The molecular formula is C29H27N3O2. The van der Waals surface area contributed by atoms with Crippen molar-refractivity contribution < 1.29 is 9.59 Å². The zero-order chi connectivity index (χ0) is 23.3. The highest BCUT2D eigenvalue weighted by Crippen LogP contribution is 2.34. The third-order valence-electron chi connectivity index (χ3n) is 6.61. The van der Waals surface area contributed by atoms with E-state index in [4.69, 9.17) is 0 Å². The zero-order valence-corrected chi connectivity index (χ0v) is 19.0. The molecular weight excluding hydrogens is 422 g/mol. The number of hydrogen-bond donors (Lipinski definition) is 1.